The van der Waals surface area contributed by atoms with Gasteiger partial charge in [0.15, 0.2) is 11.5 Å². The standard InChI is InChI=1S/C15H15NO2S/c1-17-12-7-6-10(8-13(12)18-2)15-16-9-11-4-3-5-14(11)19-15/h3-8,11H,9H2,1-2H3. The SMILES string of the molecule is COc1ccc(C2=NCC3C=CC=C3S2)cc1OC. The van der Waals surface area contributed by atoms with E-state index in [0.717, 1.165) is 28.7 Å². The van der Waals surface area contributed by atoms with Crippen LogP contribution in [0.25, 0.3) is 0 Å². The molecule has 19 heavy (non-hydrogen) atoms. The summed E-state index contributed by atoms with van der Waals surface area (Å²) in [6, 6.07) is 5.93. The Morgan fingerprint density at radius 2 is 2.05 bits per heavy atom. The molecule has 0 saturated carbocycles. The second-order valence-electron chi connectivity index (χ2n) is 4.38. The van der Waals surface area contributed by atoms with E-state index in [-0.39, 0.29) is 0 Å². The highest BCUT2D eigenvalue weighted by molar-refractivity contribution is 8.17. The van der Waals surface area contributed by atoms with E-state index in [1.165, 1.54) is 4.91 Å². The third kappa shape index (κ3) is 2.28. The Labute approximate surface area is 117 Å². The number of allylic oxidation sites excluding steroid dienone is 2. The topological polar surface area (TPSA) is 30.8 Å². The van der Waals surface area contributed by atoms with E-state index in [9.17, 15) is 0 Å². The van der Waals surface area contributed by atoms with E-state index < -0.39 is 0 Å². The highest BCUT2D eigenvalue weighted by Gasteiger charge is 2.23. The van der Waals surface area contributed by atoms with Crippen LogP contribution in [0.3, 0.4) is 0 Å². The summed E-state index contributed by atoms with van der Waals surface area (Å²) in [7, 11) is 3.29. The highest BCUT2D eigenvalue weighted by Crippen LogP contribution is 2.38. The third-order valence-corrected chi connectivity index (χ3v) is 4.48. The largest absolute Gasteiger partial charge is 0.493 e. The Morgan fingerprint density at radius 3 is 2.84 bits per heavy atom. The maximum atomic E-state index is 5.34. The van der Waals surface area contributed by atoms with Crippen LogP contribution in [0, 0.1) is 5.92 Å². The van der Waals surface area contributed by atoms with E-state index in [4.69, 9.17) is 9.47 Å². The molecule has 3 nitrogen and oxygen atoms in total. The molecule has 4 heteroatoms. The minimum atomic E-state index is 0.480. The number of thioether (sulfide) groups is 1. The molecule has 1 atom stereocenters. The Balaban J connectivity index is 1.91. The summed E-state index contributed by atoms with van der Waals surface area (Å²) in [4.78, 5) is 6.04. The second kappa shape index (κ2) is 5.13. The fourth-order valence-corrected chi connectivity index (χ4v) is 3.27. The smallest absolute Gasteiger partial charge is 0.161 e. The Bertz CT molecular complexity index is 590. The maximum absolute atomic E-state index is 5.34. The zero-order chi connectivity index (χ0) is 13.2. The molecule has 1 aromatic rings. The molecule has 1 aliphatic heterocycles. The van der Waals surface area contributed by atoms with Gasteiger partial charge in [-0.1, -0.05) is 30.0 Å². The number of benzene rings is 1. The Hall–Kier alpha value is -1.68. The summed E-state index contributed by atoms with van der Waals surface area (Å²) in [6.45, 7) is 0.832. The number of rotatable bonds is 3. The lowest BCUT2D eigenvalue weighted by molar-refractivity contribution is 0.355. The molecule has 0 saturated heterocycles. The molecule has 0 fully saturated rings. The number of methoxy groups -OCH3 is 2. The molecule has 1 heterocycles. The van der Waals surface area contributed by atoms with Crippen molar-refractivity contribution in [1.82, 2.24) is 0 Å². The number of hydrogen-bond donors (Lipinski definition) is 0. The fourth-order valence-electron chi connectivity index (χ4n) is 2.21. The number of hydrogen-bond acceptors (Lipinski definition) is 4. The molecule has 0 N–H and O–H groups in total. The molecule has 2 aliphatic rings. The number of fused-ring (bicyclic) bond motifs is 1. The average Bonchev–Trinajstić information content (AvgIpc) is 2.93. The maximum Gasteiger partial charge on any atom is 0.161 e. The average molecular weight is 273 g/mol. The van der Waals surface area contributed by atoms with Gasteiger partial charge in [0.25, 0.3) is 0 Å². The molecule has 1 unspecified atom stereocenters. The van der Waals surface area contributed by atoms with E-state index in [1.807, 2.05) is 18.2 Å². The lowest BCUT2D eigenvalue weighted by Gasteiger charge is -2.19. The minimum Gasteiger partial charge on any atom is -0.493 e. The van der Waals surface area contributed by atoms with Gasteiger partial charge in [0.05, 0.1) is 20.8 Å². The van der Waals surface area contributed by atoms with E-state index in [1.54, 1.807) is 26.0 Å². The molecular weight excluding hydrogens is 258 g/mol. The van der Waals surface area contributed by atoms with Crippen LogP contribution in [0.2, 0.25) is 0 Å². The van der Waals surface area contributed by atoms with Gasteiger partial charge in [0.2, 0.25) is 0 Å². The number of nitrogens with zero attached hydrogens (tertiary/aromatic N) is 1. The summed E-state index contributed by atoms with van der Waals surface area (Å²) in [5, 5.41) is 1.05. The van der Waals surface area contributed by atoms with E-state index in [0.29, 0.717) is 5.92 Å². The van der Waals surface area contributed by atoms with Crippen LogP contribution < -0.4 is 9.47 Å². The van der Waals surface area contributed by atoms with Crippen molar-refractivity contribution < 1.29 is 9.47 Å². The Kier molecular flexibility index (Phi) is 3.34. The van der Waals surface area contributed by atoms with Crippen molar-refractivity contribution in [3.8, 4) is 11.5 Å². The second-order valence-corrected chi connectivity index (χ2v) is 5.44. The molecule has 1 aromatic carbocycles. The molecule has 0 bridgehead atoms. The summed E-state index contributed by atoms with van der Waals surface area (Å²) >= 11 is 1.74. The summed E-state index contributed by atoms with van der Waals surface area (Å²) < 4.78 is 10.6. The van der Waals surface area contributed by atoms with Gasteiger partial charge in [-0.05, 0) is 18.2 Å². The molecule has 1 aliphatic carbocycles. The van der Waals surface area contributed by atoms with Gasteiger partial charge < -0.3 is 9.47 Å². The van der Waals surface area contributed by atoms with Crippen LogP contribution in [-0.4, -0.2) is 25.8 Å². The van der Waals surface area contributed by atoms with Crippen LogP contribution in [0.4, 0.5) is 0 Å². The van der Waals surface area contributed by atoms with Gasteiger partial charge in [-0.15, -0.1) is 0 Å². The van der Waals surface area contributed by atoms with Crippen molar-refractivity contribution in [2.24, 2.45) is 10.9 Å². The van der Waals surface area contributed by atoms with Crippen LogP contribution in [0.5, 0.6) is 11.5 Å². The molecule has 0 radical (unpaired) electrons. The molecule has 0 aromatic heterocycles. The Morgan fingerprint density at radius 1 is 1.21 bits per heavy atom. The quantitative estimate of drug-likeness (QED) is 0.847. The predicted octanol–water partition coefficient (Wildman–Crippen LogP) is 3.27. The molecule has 3 rings (SSSR count). The van der Waals surface area contributed by atoms with Crippen LogP contribution in [-0.2, 0) is 0 Å². The van der Waals surface area contributed by atoms with Crippen LogP contribution in [0.1, 0.15) is 5.56 Å². The third-order valence-electron chi connectivity index (χ3n) is 3.25. The van der Waals surface area contributed by atoms with Gasteiger partial charge in [0, 0.05) is 16.4 Å². The van der Waals surface area contributed by atoms with Gasteiger partial charge in [-0.2, -0.15) is 0 Å². The zero-order valence-electron chi connectivity index (χ0n) is 10.9. The molecular formula is C15H15NO2S. The van der Waals surface area contributed by atoms with Crippen molar-refractivity contribution in [2.45, 2.75) is 0 Å². The fraction of sp³-hybridized carbons (Fsp3) is 0.267. The normalized spacial score (nSPS) is 20.6. The van der Waals surface area contributed by atoms with Gasteiger partial charge in [-0.25, -0.2) is 0 Å². The lowest BCUT2D eigenvalue weighted by atomic mass is 10.1. The van der Waals surface area contributed by atoms with Gasteiger partial charge in [-0.3, -0.25) is 4.99 Å². The molecule has 98 valence electrons. The predicted molar refractivity (Wildman–Crippen MR) is 79.3 cm³/mol. The summed E-state index contributed by atoms with van der Waals surface area (Å²) in [5.41, 5.74) is 1.08. The van der Waals surface area contributed by atoms with Crippen LogP contribution >= 0.6 is 11.8 Å². The number of ether oxygens (including phenoxy) is 2. The summed E-state index contributed by atoms with van der Waals surface area (Å²) in [5.74, 6) is 1.96. The highest BCUT2D eigenvalue weighted by atomic mass is 32.2. The lowest BCUT2D eigenvalue weighted by Crippen LogP contribution is -2.11. The van der Waals surface area contributed by atoms with E-state index >= 15 is 0 Å². The van der Waals surface area contributed by atoms with Crippen molar-refractivity contribution in [1.29, 1.82) is 0 Å². The first-order valence-corrected chi connectivity index (χ1v) is 6.96. The van der Waals surface area contributed by atoms with Gasteiger partial charge in [0.1, 0.15) is 5.04 Å². The minimum absolute atomic E-state index is 0.480. The van der Waals surface area contributed by atoms with Crippen LogP contribution in [0.15, 0.2) is 46.3 Å². The number of aliphatic imine (C=N–C) groups is 1. The molecule has 0 amide bonds. The van der Waals surface area contributed by atoms with Gasteiger partial charge >= 0.3 is 0 Å². The first kappa shape index (κ1) is 12.4. The van der Waals surface area contributed by atoms with E-state index in [2.05, 4.69) is 23.2 Å². The monoisotopic (exact) mass is 273 g/mol. The van der Waals surface area contributed by atoms with Crippen molar-refractivity contribution in [2.75, 3.05) is 20.8 Å². The first-order chi connectivity index (χ1) is 9.31. The van der Waals surface area contributed by atoms with Crippen molar-refractivity contribution in [3.05, 3.63) is 46.9 Å². The van der Waals surface area contributed by atoms with Crippen molar-refractivity contribution >= 4 is 16.8 Å². The first-order valence-electron chi connectivity index (χ1n) is 6.15. The zero-order valence-corrected chi connectivity index (χ0v) is 11.7. The summed E-state index contributed by atoms with van der Waals surface area (Å²) in [6.07, 6.45) is 6.49. The van der Waals surface area contributed by atoms with Crippen molar-refractivity contribution in [3.63, 3.8) is 0 Å². The molecule has 0 spiro atoms.